The van der Waals surface area contributed by atoms with Gasteiger partial charge in [-0.2, -0.15) is 0 Å². The van der Waals surface area contributed by atoms with Gasteiger partial charge in [0, 0.05) is 17.1 Å². The van der Waals surface area contributed by atoms with Crippen molar-refractivity contribution < 1.29 is 9.53 Å². The second-order valence-corrected chi connectivity index (χ2v) is 6.85. The fourth-order valence-corrected chi connectivity index (χ4v) is 2.89. The quantitative estimate of drug-likeness (QED) is 0.630. The third-order valence-electron chi connectivity index (χ3n) is 4.26. The number of hydrogen-bond acceptors (Lipinski definition) is 5. The number of aryl methyl sites for hydroxylation is 3. The van der Waals surface area contributed by atoms with Crippen LogP contribution in [0.3, 0.4) is 0 Å². The normalized spacial score (nSPS) is 10.5. The molecule has 0 aliphatic heterocycles. The summed E-state index contributed by atoms with van der Waals surface area (Å²) in [6, 6.07) is 12.6. The van der Waals surface area contributed by atoms with Gasteiger partial charge in [-0.25, -0.2) is 9.97 Å². The van der Waals surface area contributed by atoms with Gasteiger partial charge in [0.15, 0.2) is 0 Å². The van der Waals surface area contributed by atoms with Gasteiger partial charge in [-0.05, 0) is 68.3 Å². The van der Waals surface area contributed by atoms with Gasteiger partial charge in [0.2, 0.25) is 5.95 Å². The van der Waals surface area contributed by atoms with E-state index in [-0.39, 0.29) is 11.6 Å². The van der Waals surface area contributed by atoms with Gasteiger partial charge >= 0.3 is 0 Å². The zero-order valence-electron chi connectivity index (χ0n) is 16.1. The summed E-state index contributed by atoms with van der Waals surface area (Å²) in [6.45, 7) is 5.90. The molecule has 7 heteroatoms. The maximum Gasteiger partial charge on any atom is 0.274 e. The van der Waals surface area contributed by atoms with E-state index in [1.165, 1.54) is 12.7 Å². The molecule has 0 radical (unpaired) electrons. The summed E-state index contributed by atoms with van der Waals surface area (Å²) in [6.07, 6.45) is 0. The maximum atomic E-state index is 12.6. The van der Waals surface area contributed by atoms with Crippen molar-refractivity contribution in [3.8, 4) is 5.75 Å². The number of hydrogen-bond donors (Lipinski definition) is 2. The molecule has 2 N–H and O–H groups in total. The van der Waals surface area contributed by atoms with E-state index in [4.69, 9.17) is 16.3 Å². The van der Waals surface area contributed by atoms with Crippen LogP contribution in [0.4, 0.5) is 17.3 Å². The van der Waals surface area contributed by atoms with Crippen LogP contribution in [0, 0.1) is 20.8 Å². The van der Waals surface area contributed by atoms with Crippen LogP contribution in [-0.2, 0) is 0 Å². The van der Waals surface area contributed by atoms with Crippen LogP contribution < -0.4 is 15.4 Å². The molecule has 2 aromatic carbocycles. The van der Waals surface area contributed by atoms with Crippen LogP contribution in [0.15, 0.2) is 42.5 Å². The summed E-state index contributed by atoms with van der Waals surface area (Å²) in [7, 11) is 1.53. The average molecular weight is 397 g/mol. The highest BCUT2D eigenvalue weighted by molar-refractivity contribution is 6.32. The minimum Gasteiger partial charge on any atom is -0.495 e. The Bertz CT molecular complexity index is 1040. The molecule has 0 unspecified atom stereocenters. The number of amides is 1. The van der Waals surface area contributed by atoms with E-state index in [9.17, 15) is 4.79 Å². The number of benzene rings is 2. The van der Waals surface area contributed by atoms with E-state index < -0.39 is 0 Å². The molecule has 0 saturated heterocycles. The Morgan fingerprint density at radius 1 is 0.964 bits per heavy atom. The average Bonchev–Trinajstić information content (AvgIpc) is 2.64. The molecule has 144 valence electrons. The SMILES string of the molecule is COc1ccc(NC(=O)c2cc(C)nc(Nc3ccc(C)c(C)c3)n2)cc1Cl. The van der Waals surface area contributed by atoms with Gasteiger partial charge in [-0.15, -0.1) is 0 Å². The van der Waals surface area contributed by atoms with Gasteiger partial charge in [-0.3, -0.25) is 4.79 Å². The summed E-state index contributed by atoms with van der Waals surface area (Å²) >= 11 is 6.11. The van der Waals surface area contributed by atoms with Gasteiger partial charge in [-0.1, -0.05) is 17.7 Å². The lowest BCUT2D eigenvalue weighted by Crippen LogP contribution is -2.15. The van der Waals surface area contributed by atoms with Crippen LogP contribution in [0.5, 0.6) is 5.75 Å². The predicted molar refractivity (Wildman–Crippen MR) is 112 cm³/mol. The fraction of sp³-hybridized carbons (Fsp3) is 0.190. The highest BCUT2D eigenvalue weighted by Gasteiger charge is 2.12. The van der Waals surface area contributed by atoms with E-state index in [1.807, 2.05) is 32.0 Å². The molecular weight excluding hydrogens is 376 g/mol. The lowest BCUT2D eigenvalue weighted by atomic mass is 10.1. The van der Waals surface area contributed by atoms with Crippen molar-refractivity contribution in [2.45, 2.75) is 20.8 Å². The van der Waals surface area contributed by atoms with E-state index in [0.717, 1.165) is 11.3 Å². The first-order valence-corrected chi connectivity index (χ1v) is 9.08. The van der Waals surface area contributed by atoms with Crippen molar-refractivity contribution in [2.75, 3.05) is 17.7 Å². The summed E-state index contributed by atoms with van der Waals surface area (Å²) in [5, 5.41) is 6.36. The molecule has 0 spiro atoms. The van der Waals surface area contributed by atoms with Gasteiger partial charge in [0.05, 0.1) is 12.1 Å². The summed E-state index contributed by atoms with van der Waals surface area (Å²) < 4.78 is 5.12. The highest BCUT2D eigenvalue weighted by Crippen LogP contribution is 2.27. The van der Waals surface area contributed by atoms with Crippen LogP contribution >= 0.6 is 11.6 Å². The molecule has 1 heterocycles. The van der Waals surface area contributed by atoms with Crippen molar-refractivity contribution in [1.82, 2.24) is 9.97 Å². The van der Waals surface area contributed by atoms with Crippen molar-refractivity contribution in [2.24, 2.45) is 0 Å². The number of carbonyl (C=O) groups is 1. The van der Waals surface area contributed by atoms with Crippen molar-refractivity contribution in [3.05, 3.63) is 70.0 Å². The zero-order valence-corrected chi connectivity index (χ0v) is 16.9. The Morgan fingerprint density at radius 2 is 1.71 bits per heavy atom. The van der Waals surface area contributed by atoms with Crippen LogP contribution in [0.2, 0.25) is 5.02 Å². The molecule has 3 rings (SSSR count). The molecule has 0 aliphatic rings. The number of nitrogens with one attached hydrogen (secondary N) is 2. The molecule has 1 aromatic heterocycles. The molecule has 0 bridgehead atoms. The minimum absolute atomic E-state index is 0.255. The van der Waals surface area contributed by atoms with E-state index >= 15 is 0 Å². The molecule has 28 heavy (non-hydrogen) atoms. The molecular formula is C21H21ClN4O2. The highest BCUT2D eigenvalue weighted by atomic mass is 35.5. The monoisotopic (exact) mass is 396 g/mol. The van der Waals surface area contributed by atoms with Gasteiger partial charge < -0.3 is 15.4 Å². The summed E-state index contributed by atoms with van der Waals surface area (Å²) in [4.78, 5) is 21.3. The fourth-order valence-electron chi connectivity index (χ4n) is 2.63. The molecule has 1 amide bonds. The largest absolute Gasteiger partial charge is 0.495 e. The predicted octanol–water partition coefficient (Wildman–Crippen LogP) is 5.06. The molecule has 0 aliphatic carbocycles. The molecule has 0 fully saturated rings. The van der Waals surface area contributed by atoms with Crippen molar-refractivity contribution in [3.63, 3.8) is 0 Å². The number of ether oxygens (including phenoxy) is 1. The Morgan fingerprint density at radius 3 is 2.39 bits per heavy atom. The first kappa shape index (κ1) is 19.6. The van der Waals surface area contributed by atoms with Crippen molar-refractivity contribution in [1.29, 1.82) is 0 Å². The number of anilines is 3. The number of carbonyl (C=O) groups excluding carboxylic acids is 1. The molecule has 3 aromatic rings. The topological polar surface area (TPSA) is 76.1 Å². The minimum atomic E-state index is -0.352. The number of nitrogens with zero attached hydrogens (tertiary/aromatic N) is 2. The van der Waals surface area contributed by atoms with E-state index in [1.54, 1.807) is 24.3 Å². The molecule has 6 nitrogen and oxygen atoms in total. The Hall–Kier alpha value is -3.12. The maximum absolute atomic E-state index is 12.6. The van der Waals surface area contributed by atoms with Crippen molar-refractivity contribution >= 4 is 34.8 Å². The Labute approximate surface area is 168 Å². The molecule has 0 atom stereocenters. The second kappa shape index (κ2) is 8.27. The lowest BCUT2D eigenvalue weighted by molar-refractivity contribution is 0.102. The van der Waals surface area contributed by atoms with Gasteiger partial charge in [0.25, 0.3) is 5.91 Å². The smallest absolute Gasteiger partial charge is 0.274 e. The number of methoxy groups -OCH3 is 1. The summed E-state index contributed by atoms with van der Waals surface area (Å²) in [5.41, 5.74) is 4.71. The number of halogens is 1. The number of aromatic nitrogens is 2. The van der Waals surface area contributed by atoms with Crippen LogP contribution in [0.25, 0.3) is 0 Å². The third kappa shape index (κ3) is 4.58. The lowest BCUT2D eigenvalue weighted by Gasteiger charge is -2.11. The van der Waals surface area contributed by atoms with Gasteiger partial charge in [0.1, 0.15) is 11.4 Å². The zero-order chi connectivity index (χ0) is 20.3. The number of rotatable bonds is 5. The second-order valence-electron chi connectivity index (χ2n) is 6.45. The Balaban J connectivity index is 1.81. The first-order valence-electron chi connectivity index (χ1n) is 8.70. The Kier molecular flexibility index (Phi) is 5.80. The van der Waals surface area contributed by atoms with Crippen LogP contribution in [-0.4, -0.2) is 23.0 Å². The third-order valence-corrected chi connectivity index (χ3v) is 4.55. The molecule has 0 saturated carbocycles. The summed E-state index contributed by atoms with van der Waals surface area (Å²) in [5.74, 6) is 0.550. The van der Waals surface area contributed by atoms with E-state index in [2.05, 4.69) is 27.5 Å². The standard InChI is InChI=1S/C21H21ClN4O2/c1-12-5-6-15(9-13(12)2)25-21-23-14(3)10-18(26-21)20(27)24-16-7-8-19(28-4)17(22)11-16/h5-11H,1-4H3,(H,24,27)(H,23,25,26). The van der Waals surface area contributed by atoms with E-state index in [0.29, 0.717) is 28.1 Å². The first-order chi connectivity index (χ1) is 13.4. The van der Waals surface area contributed by atoms with Crippen LogP contribution in [0.1, 0.15) is 27.3 Å².